The highest BCUT2D eigenvalue weighted by Gasteiger charge is 2.12. The third kappa shape index (κ3) is 4.44. The van der Waals surface area contributed by atoms with Crippen LogP contribution in [0.15, 0.2) is 78.2 Å². The molecule has 1 N–H and O–H groups in total. The molecule has 3 nitrogen and oxygen atoms in total. The second kappa shape index (κ2) is 7.61. The molecule has 3 aromatic rings. The van der Waals surface area contributed by atoms with Crippen molar-refractivity contribution in [1.82, 2.24) is 5.43 Å². The second-order valence-corrected chi connectivity index (χ2v) is 6.23. The van der Waals surface area contributed by atoms with Gasteiger partial charge >= 0.3 is 0 Å². The molecular formula is C19H18N2OS. The predicted octanol–water partition coefficient (Wildman–Crippen LogP) is 4.03. The third-order valence-corrected chi connectivity index (χ3v) is 4.30. The van der Waals surface area contributed by atoms with Crippen LogP contribution in [0, 0.1) is 0 Å². The molecule has 0 unspecified atom stereocenters. The first-order valence-electron chi connectivity index (χ1n) is 7.49. The van der Waals surface area contributed by atoms with Gasteiger partial charge in [-0.05, 0) is 29.1 Å². The number of carbonyl (C=O) groups is 1. The lowest BCUT2D eigenvalue weighted by Gasteiger charge is -2.25. The van der Waals surface area contributed by atoms with E-state index in [2.05, 4.69) is 17.6 Å². The molecule has 0 saturated heterocycles. The van der Waals surface area contributed by atoms with Crippen LogP contribution in [0.3, 0.4) is 0 Å². The Kier molecular flexibility index (Phi) is 5.06. The van der Waals surface area contributed by atoms with E-state index in [0.717, 1.165) is 16.1 Å². The molecule has 0 aliphatic rings. The summed E-state index contributed by atoms with van der Waals surface area (Å²) in [5, 5.41) is 3.88. The number of hydrazine groups is 1. The van der Waals surface area contributed by atoms with Crippen LogP contribution in [-0.2, 0) is 17.8 Å². The number of hydrogen-bond acceptors (Lipinski definition) is 3. The minimum absolute atomic E-state index is 0.00719. The summed E-state index contributed by atoms with van der Waals surface area (Å²) in [5.74, 6) is -0.00719. The van der Waals surface area contributed by atoms with Gasteiger partial charge in [0.25, 0.3) is 0 Å². The Labute approximate surface area is 140 Å². The smallest absolute Gasteiger partial charge is 0.243 e. The molecule has 0 radical (unpaired) electrons. The summed E-state index contributed by atoms with van der Waals surface area (Å²) in [6.07, 6.45) is 0.399. The van der Waals surface area contributed by atoms with Gasteiger partial charge < -0.3 is 0 Å². The third-order valence-electron chi connectivity index (χ3n) is 3.43. The zero-order valence-corrected chi connectivity index (χ0v) is 13.5. The van der Waals surface area contributed by atoms with Crippen molar-refractivity contribution in [3.05, 3.63) is 88.6 Å². The van der Waals surface area contributed by atoms with Gasteiger partial charge in [-0.25, -0.2) is 0 Å². The van der Waals surface area contributed by atoms with E-state index in [-0.39, 0.29) is 5.91 Å². The van der Waals surface area contributed by atoms with Crippen LogP contribution in [0.2, 0.25) is 0 Å². The normalized spacial score (nSPS) is 10.3. The maximum atomic E-state index is 12.3. The molecule has 1 aromatic heterocycles. The topological polar surface area (TPSA) is 32.3 Å². The Hall–Kier alpha value is -2.59. The number of rotatable bonds is 6. The molecule has 1 heterocycles. The first-order chi connectivity index (χ1) is 11.3. The van der Waals surface area contributed by atoms with Crippen molar-refractivity contribution >= 4 is 22.9 Å². The van der Waals surface area contributed by atoms with E-state index >= 15 is 0 Å². The molecule has 2 aromatic carbocycles. The summed E-state index contributed by atoms with van der Waals surface area (Å²) >= 11 is 1.60. The largest absolute Gasteiger partial charge is 0.281 e. The summed E-state index contributed by atoms with van der Waals surface area (Å²) in [6.45, 7) is 0.626. The minimum atomic E-state index is -0.00719. The summed E-state index contributed by atoms with van der Waals surface area (Å²) in [7, 11) is 0. The van der Waals surface area contributed by atoms with Crippen LogP contribution >= 0.6 is 11.3 Å². The number of para-hydroxylation sites is 1. The number of carbonyl (C=O) groups excluding carboxylic acids is 1. The average molecular weight is 322 g/mol. The van der Waals surface area contributed by atoms with E-state index in [9.17, 15) is 4.79 Å². The maximum Gasteiger partial charge on any atom is 0.243 e. The number of thiophene rings is 1. The SMILES string of the molecule is O=C(Cc1cccs1)NN(Cc1ccccc1)c1ccccc1. The van der Waals surface area contributed by atoms with Gasteiger partial charge in [0.15, 0.2) is 0 Å². The first kappa shape index (κ1) is 15.3. The number of nitrogens with zero attached hydrogens (tertiary/aromatic N) is 1. The molecule has 0 bridgehead atoms. The molecule has 0 fully saturated rings. The van der Waals surface area contributed by atoms with Crippen molar-refractivity contribution in [2.24, 2.45) is 0 Å². The van der Waals surface area contributed by atoms with Gasteiger partial charge in [-0.2, -0.15) is 0 Å². The lowest BCUT2D eigenvalue weighted by molar-refractivity contribution is -0.120. The van der Waals surface area contributed by atoms with Crippen molar-refractivity contribution in [2.45, 2.75) is 13.0 Å². The van der Waals surface area contributed by atoms with Gasteiger partial charge in [0.1, 0.15) is 0 Å². The number of nitrogens with one attached hydrogen (secondary N) is 1. The summed E-state index contributed by atoms with van der Waals surface area (Å²) in [6, 6.07) is 24.0. The Bertz CT molecular complexity index is 727. The van der Waals surface area contributed by atoms with E-state index in [4.69, 9.17) is 0 Å². The van der Waals surface area contributed by atoms with Crippen LogP contribution < -0.4 is 10.4 Å². The lowest BCUT2D eigenvalue weighted by atomic mass is 10.2. The Morgan fingerprint density at radius 3 is 2.26 bits per heavy atom. The number of benzene rings is 2. The highest BCUT2D eigenvalue weighted by molar-refractivity contribution is 7.10. The first-order valence-corrected chi connectivity index (χ1v) is 8.37. The quantitative estimate of drug-likeness (QED) is 0.695. The molecule has 0 saturated carbocycles. The van der Waals surface area contributed by atoms with Gasteiger partial charge in [0.2, 0.25) is 5.91 Å². The zero-order valence-electron chi connectivity index (χ0n) is 12.7. The predicted molar refractivity (Wildman–Crippen MR) is 95.2 cm³/mol. The standard InChI is InChI=1S/C19H18N2OS/c22-19(14-18-12-7-13-23-18)20-21(17-10-5-2-6-11-17)15-16-8-3-1-4-9-16/h1-13H,14-15H2,(H,20,22). The Morgan fingerprint density at radius 2 is 1.61 bits per heavy atom. The van der Waals surface area contributed by atoms with Gasteiger partial charge in [-0.1, -0.05) is 54.6 Å². The van der Waals surface area contributed by atoms with Gasteiger partial charge in [-0.3, -0.25) is 15.2 Å². The number of hydrogen-bond donors (Lipinski definition) is 1. The van der Waals surface area contributed by atoms with Gasteiger partial charge in [-0.15, -0.1) is 11.3 Å². The molecule has 23 heavy (non-hydrogen) atoms. The minimum Gasteiger partial charge on any atom is -0.281 e. The van der Waals surface area contributed by atoms with Crippen LogP contribution in [0.4, 0.5) is 5.69 Å². The van der Waals surface area contributed by atoms with Crippen molar-refractivity contribution in [1.29, 1.82) is 0 Å². The van der Waals surface area contributed by atoms with Crippen LogP contribution in [0.25, 0.3) is 0 Å². The second-order valence-electron chi connectivity index (χ2n) is 5.20. The monoisotopic (exact) mass is 322 g/mol. The summed E-state index contributed by atoms with van der Waals surface area (Å²) < 4.78 is 0. The fourth-order valence-corrected chi connectivity index (χ4v) is 3.03. The average Bonchev–Trinajstić information content (AvgIpc) is 3.09. The molecule has 4 heteroatoms. The van der Waals surface area contributed by atoms with Crippen molar-refractivity contribution < 1.29 is 4.79 Å². The number of anilines is 1. The fraction of sp³-hybridized carbons (Fsp3) is 0.105. The maximum absolute atomic E-state index is 12.3. The van der Waals surface area contributed by atoms with Gasteiger partial charge in [0, 0.05) is 4.88 Å². The van der Waals surface area contributed by atoms with Crippen LogP contribution in [0.5, 0.6) is 0 Å². The molecule has 0 spiro atoms. The van der Waals surface area contributed by atoms with Crippen molar-refractivity contribution in [2.75, 3.05) is 5.01 Å². The highest BCUT2D eigenvalue weighted by atomic mass is 32.1. The van der Waals surface area contributed by atoms with E-state index in [1.807, 2.05) is 71.1 Å². The van der Waals surface area contributed by atoms with Crippen molar-refractivity contribution in [3.8, 4) is 0 Å². The summed E-state index contributed by atoms with van der Waals surface area (Å²) in [4.78, 5) is 13.4. The molecule has 1 amide bonds. The zero-order chi connectivity index (χ0) is 15.9. The molecule has 0 aliphatic heterocycles. The van der Waals surface area contributed by atoms with E-state index in [1.165, 1.54) is 0 Å². The highest BCUT2D eigenvalue weighted by Crippen LogP contribution is 2.15. The van der Waals surface area contributed by atoms with Crippen molar-refractivity contribution in [3.63, 3.8) is 0 Å². The fourth-order valence-electron chi connectivity index (χ4n) is 2.33. The molecule has 116 valence electrons. The lowest BCUT2D eigenvalue weighted by Crippen LogP contribution is -2.42. The summed E-state index contributed by atoms with van der Waals surface area (Å²) in [5.41, 5.74) is 5.14. The van der Waals surface area contributed by atoms with E-state index in [0.29, 0.717) is 13.0 Å². The Balaban J connectivity index is 1.73. The van der Waals surface area contributed by atoms with E-state index in [1.54, 1.807) is 11.3 Å². The molecule has 0 atom stereocenters. The van der Waals surface area contributed by atoms with E-state index < -0.39 is 0 Å². The van der Waals surface area contributed by atoms with Crippen LogP contribution in [-0.4, -0.2) is 5.91 Å². The van der Waals surface area contributed by atoms with Gasteiger partial charge in [0.05, 0.1) is 18.7 Å². The Morgan fingerprint density at radius 1 is 0.913 bits per heavy atom. The van der Waals surface area contributed by atoms with Crippen LogP contribution in [0.1, 0.15) is 10.4 Å². The number of amides is 1. The molecule has 3 rings (SSSR count). The molecular weight excluding hydrogens is 304 g/mol. The molecule has 0 aliphatic carbocycles.